The van der Waals surface area contributed by atoms with Crippen LogP contribution in [-0.2, 0) is 25.9 Å². The van der Waals surface area contributed by atoms with Crippen molar-refractivity contribution in [3.63, 3.8) is 0 Å². The predicted molar refractivity (Wildman–Crippen MR) is 111 cm³/mol. The Hall–Kier alpha value is -2.23. The first-order chi connectivity index (χ1) is 14.3. The molecule has 30 heavy (non-hydrogen) atoms. The van der Waals surface area contributed by atoms with Gasteiger partial charge in [0.25, 0.3) is 5.56 Å². The van der Waals surface area contributed by atoms with E-state index in [4.69, 9.17) is 0 Å². The van der Waals surface area contributed by atoms with Crippen LogP contribution in [0.4, 0.5) is 13.2 Å². The van der Waals surface area contributed by atoms with Gasteiger partial charge in [-0.3, -0.25) is 9.36 Å². The van der Waals surface area contributed by atoms with Crippen LogP contribution in [0.2, 0.25) is 0 Å². The number of hydrogen-bond acceptors (Lipinski definition) is 5. The van der Waals surface area contributed by atoms with Gasteiger partial charge in [0, 0.05) is 30.6 Å². The first-order valence-corrected chi connectivity index (χ1v) is 10.7. The SMILES string of the molecule is CN(C)CCn1cnc2sc3c(c2c1=O)CC[C@@H](NCc1cc(F)c(F)c(F)c1)C3. The smallest absolute Gasteiger partial charge is 0.262 e. The van der Waals surface area contributed by atoms with Crippen LogP contribution < -0.4 is 10.9 Å². The van der Waals surface area contributed by atoms with E-state index in [0.29, 0.717) is 12.1 Å². The zero-order valence-electron chi connectivity index (χ0n) is 16.8. The van der Waals surface area contributed by atoms with Gasteiger partial charge in [-0.15, -0.1) is 11.3 Å². The average Bonchev–Trinajstić information content (AvgIpc) is 3.08. The standard InChI is InChI=1S/C21H23F3N4OS/c1-27(2)5-6-28-11-26-20-18(21(28)29)14-4-3-13(9-17(14)30-20)25-10-12-7-15(22)19(24)16(23)8-12/h7-8,11,13,25H,3-6,9-10H2,1-2H3/t13-/m1/s1. The topological polar surface area (TPSA) is 50.2 Å². The molecule has 1 atom stereocenters. The second kappa shape index (κ2) is 8.49. The van der Waals surface area contributed by atoms with Crippen LogP contribution >= 0.6 is 11.3 Å². The Balaban J connectivity index is 1.50. The molecule has 4 rings (SSSR count). The number of thiophene rings is 1. The molecule has 0 amide bonds. The lowest BCUT2D eigenvalue weighted by atomic mass is 9.93. The lowest BCUT2D eigenvalue weighted by Gasteiger charge is -2.23. The number of fused-ring (bicyclic) bond motifs is 3. The predicted octanol–water partition coefficient (Wildman–Crippen LogP) is 3.08. The Labute approximate surface area is 176 Å². The zero-order valence-corrected chi connectivity index (χ0v) is 17.7. The molecule has 1 N–H and O–H groups in total. The molecule has 2 heterocycles. The molecule has 160 valence electrons. The molecule has 1 aliphatic carbocycles. The molecule has 1 aliphatic rings. The van der Waals surface area contributed by atoms with Crippen molar-refractivity contribution in [3.05, 3.63) is 62.3 Å². The van der Waals surface area contributed by atoms with Crippen molar-refractivity contribution in [2.24, 2.45) is 0 Å². The summed E-state index contributed by atoms with van der Waals surface area (Å²) in [5.41, 5.74) is 1.44. The Kier molecular flexibility index (Phi) is 5.95. The highest BCUT2D eigenvalue weighted by molar-refractivity contribution is 7.18. The minimum Gasteiger partial charge on any atom is -0.310 e. The van der Waals surface area contributed by atoms with Gasteiger partial charge in [0.15, 0.2) is 17.5 Å². The number of nitrogens with one attached hydrogen (secondary N) is 1. The molecule has 0 saturated carbocycles. The molecule has 0 saturated heterocycles. The van der Waals surface area contributed by atoms with Gasteiger partial charge in [-0.25, -0.2) is 18.2 Å². The summed E-state index contributed by atoms with van der Waals surface area (Å²) in [5.74, 6) is -3.81. The molecule has 1 aromatic carbocycles. The van der Waals surface area contributed by atoms with Crippen molar-refractivity contribution in [1.82, 2.24) is 19.8 Å². The zero-order chi connectivity index (χ0) is 21.4. The van der Waals surface area contributed by atoms with Crippen molar-refractivity contribution in [2.45, 2.75) is 38.4 Å². The number of hydrogen-bond donors (Lipinski definition) is 1. The van der Waals surface area contributed by atoms with E-state index in [2.05, 4.69) is 10.3 Å². The van der Waals surface area contributed by atoms with Crippen LogP contribution in [0.1, 0.15) is 22.4 Å². The number of aromatic nitrogens is 2. The van der Waals surface area contributed by atoms with E-state index in [1.807, 2.05) is 19.0 Å². The van der Waals surface area contributed by atoms with Crippen molar-refractivity contribution in [2.75, 3.05) is 20.6 Å². The number of nitrogens with zero attached hydrogens (tertiary/aromatic N) is 3. The van der Waals surface area contributed by atoms with Crippen LogP contribution in [0.15, 0.2) is 23.3 Å². The normalized spacial score (nSPS) is 16.4. The van der Waals surface area contributed by atoms with Crippen LogP contribution in [0.5, 0.6) is 0 Å². The molecule has 3 aromatic rings. The highest BCUT2D eigenvalue weighted by Crippen LogP contribution is 2.33. The Bertz CT molecular complexity index is 1120. The van der Waals surface area contributed by atoms with E-state index in [1.54, 1.807) is 10.9 Å². The van der Waals surface area contributed by atoms with E-state index in [0.717, 1.165) is 58.6 Å². The third kappa shape index (κ3) is 4.14. The van der Waals surface area contributed by atoms with Crippen LogP contribution in [0.25, 0.3) is 10.2 Å². The quantitative estimate of drug-likeness (QED) is 0.604. The molecular formula is C21H23F3N4OS. The number of aryl methyl sites for hydroxylation is 1. The van der Waals surface area contributed by atoms with Crippen LogP contribution in [0, 0.1) is 17.5 Å². The number of halogens is 3. The summed E-state index contributed by atoms with van der Waals surface area (Å²) in [4.78, 5) is 21.4. The van der Waals surface area contributed by atoms with E-state index >= 15 is 0 Å². The van der Waals surface area contributed by atoms with E-state index in [9.17, 15) is 18.0 Å². The fraction of sp³-hybridized carbons (Fsp3) is 0.429. The molecule has 0 aliphatic heterocycles. The second-order valence-corrected chi connectivity index (χ2v) is 9.01. The maximum Gasteiger partial charge on any atom is 0.262 e. The van der Waals surface area contributed by atoms with Gasteiger partial charge in [-0.05, 0) is 56.6 Å². The largest absolute Gasteiger partial charge is 0.310 e. The van der Waals surface area contributed by atoms with Crippen LogP contribution in [-0.4, -0.2) is 41.1 Å². The van der Waals surface area contributed by atoms with E-state index in [-0.39, 0.29) is 18.1 Å². The third-order valence-corrected chi connectivity index (χ3v) is 6.62. The lowest BCUT2D eigenvalue weighted by Crippen LogP contribution is -2.34. The molecular weight excluding hydrogens is 413 g/mol. The number of benzene rings is 1. The number of likely N-dealkylation sites (N-methyl/N-ethyl adjacent to an activating group) is 1. The summed E-state index contributed by atoms with van der Waals surface area (Å²) >= 11 is 1.53. The molecule has 0 unspecified atom stereocenters. The lowest BCUT2D eigenvalue weighted by molar-refractivity contribution is 0.380. The van der Waals surface area contributed by atoms with Crippen molar-refractivity contribution in [1.29, 1.82) is 0 Å². The summed E-state index contributed by atoms with van der Waals surface area (Å²) < 4.78 is 41.6. The third-order valence-electron chi connectivity index (χ3n) is 5.46. The first kappa shape index (κ1) is 21.0. The Morgan fingerprint density at radius 1 is 1.27 bits per heavy atom. The first-order valence-electron chi connectivity index (χ1n) is 9.84. The van der Waals surface area contributed by atoms with Gasteiger partial charge < -0.3 is 10.2 Å². The minimum absolute atomic E-state index is 0.00280. The molecule has 9 heteroatoms. The molecule has 2 aromatic heterocycles. The average molecular weight is 437 g/mol. The summed E-state index contributed by atoms with van der Waals surface area (Å²) in [7, 11) is 3.93. The van der Waals surface area contributed by atoms with Gasteiger partial charge in [-0.1, -0.05) is 0 Å². The maximum absolute atomic E-state index is 13.4. The monoisotopic (exact) mass is 436 g/mol. The number of rotatable bonds is 6. The van der Waals surface area contributed by atoms with Crippen molar-refractivity contribution in [3.8, 4) is 0 Å². The summed E-state index contributed by atoms with van der Waals surface area (Å²) in [6.07, 6.45) is 3.88. The van der Waals surface area contributed by atoms with E-state index < -0.39 is 17.5 Å². The second-order valence-electron chi connectivity index (χ2n) is 7.92. The maximum atomic E-state index is 13.4. The highest BCUT2D eigenvalue weighted by Gasteiger charge is 2.25. The van der Waals surface area contributed by atoms with Gasteiger partial charge in [-0.2, -0.15) is 0 Å². The van der Waals surface area contributed by atoms with Gasteiger partial charge >= 0.3 is 0 Å². The fourth-order valence-electron chi connectivity index (χ4n) is 3.81. The summed E-state index contributed by atoms with van der Waals surface area (Å²) in [6, 6.07) is 2.14. The summed E-state index contributed by atoms with van der Waals surface area (Å²) in [5, 5.41) is 4.02. The molecule has 0 radical (unpaired) electrons. The Morgan fingerprint density at radius 2 is 2.00 bits per heavy atom. The molecule has 0 bridgehead atoms. The van der Waals surface area contributed by atoms with Crippen LogP contribution in [0.3, 0.4) is 0 Å². The fourth-order valence-corrected chi connectivity index (χ4v) is 5.07. The van der Waals surface area contributed by atoms with Crippen molar-refractivity contribution < 1.29 is 13.2 Å². The molecule has 5 nitrogen and oxygen atoms in total. The summed E-state index contributed by atoms with van der Waals surface area (Å²) in [6.45, 7) is 1.60. The highest BCUT2D eigenvalue weighted by atomic mass is 32.1. The van der Waals surface area contributed by atoms with Gasteiger partial charge in [0.1, 0.15) is 4.83 Å². The molecule has 0 spiro atoms. The van der Waals surface area contributed by atoms with E-state index in [1.165, 1.54) is 11.3 Å². The van der Waals surface area contributed by atoms with Crippen molar-refractivity contribution >= 4 is 21.6 Å². The minimum atomic E-state index is -1.45. The van der Waals surface area contributed by atoms with Gasteiger partial charge in [0.05, 0.1) is 11.7 Å². The van der Waals surface area contributed by atoms with Gasteiger partial charge in [0.2, 0.25) is 0 Å². The molecule has 0 fully saturated rings. The Morgan fingerprint density at radius 3 is 2.70 bits per heavy atom.